The van der Waals surface area contributed by atoms with Gasteiger partial charge >= 0.3 is 0 Å². The summed E-state index contributed by atoms with van der Waals surface area (Å²) < 4.78 is 0. The van der Waals surface area contributed by atoms with Gasteiger partial charge in [0.15, 0.2) is 0 Å². The third-order valence-corrected chi connectivity index (χ3v) is 5.90. The van der Waals surface area contributed by atoms with E-state index >= 15 is 0 Å². The van der Waals surface area contributed by atoms with Gasteiger partial charge in [-0.25, -0.2) is 10.4 Å². The van der Waals surface area contributed by atoms with Gasteiger partial charge in [0, 0.05) is 10.9 Å². The van der Waals surface area contributed by atoms with Gasteiger partial charge in [0.1, 0.15) is 0 Å². The Kier molecular flexibility index (Phi) is 6.30. The van der Waals surface area contributed by atoms with Crippen molar-refractivity contribution in [1.29, 1.82) is 0 Å². The van der Waals surface area contributed by atoms with E-state index in [1.165, 1.54) is 5.56 Å². The molecule has 1 amide bonds. The van der Waals surface area contributed by atoms with Gasteiger partial charge in [0.25, 0.3) is 5.91 Å². The number of pyridine rings is 1. The van der Waals surface area contributed by atoms with Gasteiger partial charge in [0.2, 0.25) is 0 Å². The van der Waals surface area contributed by atoms with E-state index in [1.54, 1.807) is 12.1 Å². The second-order valence-electron chi connectivity index (χ2n) is 9.02. The molecule has 0 saturated heterocycles. The highest BCUT2D eigenvalue weighted by Gasteiger charge is 2.16. The smallest absolute Gasteiger partial charge is 0.267 e. The number of nitrogens with one attached hydrogen (secondary N) is 1. The molecule has 1 heterocycles. The Morgan fingerprint density at radius 3 is 2.30 bits per heavy atom. The Labute approximate surface area is 199 Å². The topological polar surface area (TPSA) is 54.4 Å². The molecule has 5 heteroatoms. The first kappa shape index (κ1) is 22.7. The van der Waals surface area contributed by atoms with Crippen LogP contribution in [0.2, 0.25) is 5.02 Å². The van der Waals surface area contributed by atoms with Crippen LogP contribution in [0.4, 0.5) is 0 Å². The first-order chi connectivity index (χ1) is 15.7. The fraction of sp³-hybridized carbons (Fsp3) is 0.179. The second-order valence-corrected chi connectivity index (χ2v) is 9.43. The van der Waals surface area contributed by atoms with E-state index in [2.05, 4.69) is 43.4 Å². The summed E-state index contributed by atoms with van der Waals surface area (Å²) in [7, 11) is 0. The van der Waals surface area contributed by atoms with Crippen molar-refractivity contribution in [3.63, 3.8) is 0 Å². The van der Waals surface area contributed by atoms with Gasteiger partial charge in [0.05, 0.1) is 27.5 Å². The number of hydrazone groups is 1. The lowest BCUT2D eigenvalue weighted by Crippen LogP contribution is -2.20. The van der Waals surface area contributed by atoms with E-state index < -0.39 is 0 Å². The summed E-state index contributed by atoms with van der Waals surface area (Å²) in [6, 6.07) is 25.2. The average molecular weight is 456 g/mol. The standard InChI is InChI=1S/C28H26ClN3O/c1-18(19-13-15-21(16-14-19)28(2,3)4)31-32-27(33)23-17-25(20-9-6-5-7-10-20)30-26-22(23)11-8-12-24(26)29/h5-17H,1-4H3,(H,32,33)/b31-18+. The summed E-state index contributed by atoms with van der Waals surface area (Å²) in [5.41, 5.74) is 8.37. The number of hydrogen-bond acceptors (Lipinski definition) is 3. The van der Waals surface area contributed by atoms with Crippen molar-refractivity contribution >= 4 is 34.1 Å². The summed E-state index contributed by atoms with van der Waals surface area (Å²) in [5.74, 6) is -0.312. The zero-order chi connectivity index (χ0) is 23.6. The number of nitrogens with zero attached hydrogens (tertiary/aromatic N) is 2. The maximum absolute atomic E-state index is 13.2. The zero-order valence-electron chi connectivity index (χ0n) is 19.2. The number of hydrogen-bond donors (Lipinski definition) is 1. The lowest BCUT2D eigenvalue weighted by atomic mass is 9.86. The predicted octanol–water partition coefficient (Wildman–Crippen LogP) is 7.01. The third kappa shape index (κ3) is 4.96. The summed E-state index contributed by atoms with van der Waals surface area (Å²) in [6.45, 7) is 8.41. The summed E-state index contributed by atoms with van der Waals surface area (Å²) in [5, 5.41) is 5.54. The average Bonchev–Trinajstić information content (AvgIpc) is 2.82. The minimum Gasteiger partial charge on any atom is -0.267 e. The molecule has 4 aromatic rings. The van der Waals surface area contributed by atoms with Gasteiger partial charge in [-0.3, -0.25) is 4.79 Å². The highest BCUT2D eigenvalue weighted by atomic mass is 35.5. The van der Waals surface area contributed by atoms with E-state index in [9.17, 15) is 4.79 Å². The van der Waals surface area contributed by atoms with Crippen molar-refractivity contribution < 1.29 is 4.79 Å². The molecule has 4 nitrogen and oxygen atoms in total. The normalized spacial score (nSPS) is 12.1. The molecule has 0 bridgehead atoms. The number of rotatable bonds is 4. The Balaban J connectivity index is 1.67. The second kappa shape index (κ2) is 9.16. The van der Waals surface area contributed by atoms with Crippen molar-refractivity contribution in [2.45, 2.75) is 33.1 Å². The Bertz CT molecular complexity index is 1340. The van der Waals surface area contributed by atoms with Gasteiger partial charge in [-0.15, -0.1) is 0 Å². The molecule has 0 aliphatic carbocycles. The van der Waals surface area contributed by atoms with E-state index in [0.717, 1.165) is 16.8 Å². The highest BCUT2D eigenvalue weighted by molar-refractivity contribution is 6.35. The number of aromatic nitrogens is 1. The van der Waals surface area contributed by atoms with Gasteiger partial charge in [-0.1, -0.05) is 99.1 Å². The number of para-hydroxylation sites is 1. The number of benzene rings is 3. The van der Waals surface area contributed by atoms with Crippen LogP contribution in [0.5, 0.6) is 0 Å². The number of carbonyl (C=O) groups excluding carboxylic acids is 1. The van der Waals surface area contributed by atoms with Crippen LogP contribution in [-0.4, -0.2) is 16.6 Å². The quantitative estimate of drug-likeness (QED) is 0.266. The van der Waals surface area contributed by atoms with Crippen LogP contribution in [0, 0.1) is 0 Å². The fourth-order valence-electron chi connectivity index (χ4n) is 3.63. The minimum atomic E-state index is -0.312. The molecule has 0 atom stereocenters. The van der Waals surface area contributed by atoms with Crippen LogP contribution in [0.3, 0.4) is 0 Å². The minimum absolute atomic E-state index is 0.0813. The Hall–Kier alpha value is -3.50. The lowest BCUT2D eigenvalue weighted by molar-refractivity contribution is 0.0956. The molecule has 1 N–H and O–H groups in total. The van der Waals surface area contributed by atoms with Gasteiger partial charge in [-0.2, -0.15) is 5.10 Å². The molecule has 0 aliphatic heterocycles. The van der Waals surface area contributed by atoms with E-state index in [4.69, 9.17) is 16.6 Å². The number of halogens is 1. The molecule has 3 aromatic carbocycles. The van der Waals surface area contributed by atoms with Crippen LogP contribution in [0.1, 0.15) is 49.2 Å². The molecule has 1 aromatic heterocycles. The van der Waals surface area contributed by atoms with Crippen molar-refractivity contribution in [3.05, 3.63) is 101 Å². The van der Waals surface area contributed by atoms with Crippen LogP contribution in [0.15, 0.2) is 84.0 Å². The largest absolute Gasteiger partial charge is 0.272 e. The highest BCUT2D eigenvalue weighted by Crippen LogP contribution is 2.29. The van der Waals surface area contributed by atoms with Crippen LogP contribution >= 0.6 is 11.6 Å². The van der Waals surface area contributed by atoms with Crippen molar-refractivity contribution in [1.82, 2.24) is 10.4 Å². The molecule has 4 rings (SSSR count). The maximum atomic E-state index is 13.2. The SMILES string of the molecule is C/C(=N\NC(=O)c1cc(-c2ccccc2)nc2c(Cl)cccc12)c1ccc(C(C)(C)C)cc1. The zero-order valence-corrected chi connectivity index (χ0v) is 19.9. The van der Waals surface area contributed by atoms with Crippen LogP contribution in [0.25, 0.3) is 22.2 Å². The number of fused-ring (bicyclic) bond motifs is 1. The summed E-state index contributed by atoms with van der Waals surface area (Å²) in [6.07, 6.45) is 0. The molecular weight excluding hydrogens is 430 g/mol. The summed E-state index contributed by atoms with van der Waals surface area (Å²) >= 11 is 6.42. The lowest BCUT2D eigenvalue weighted by Gasteiger charge is -2.19. The van der Waals surface area contributed by atoms with Crippen molar-refractivity contribution in [2.24, 2.45) is 5.10 Å². The number of amides is 1. The third-order valence-electron chi connectivity index (χ3n) is 5.60. The Morgan fingerprint density at radius 2 is 1.64 bits per heavy atom. The first-order valence-electron chi connectivity index (χ1n) is 10.8. The van der Waals surface area contributed by atoms with E-state index in [1.807, 2.05) is 61.5 Å². The molecule has 0 saturated carbocycles. The molecule has 33 heavy (non-hydrogen) atoms. The molecule has 0 spiro atoms. The summed E-state index contributed by atoms with van der Waals surface area (Å²) in [4.78, 5) is 17.9. The van der Waals surface area contributed by atoms with Crippen molar-refractivity contribution in [2.75, 3.05) is 0 Å². The predicted molar refractivity (Wildman–Crippen MR) is 137 cm³/mol. The van der Waals surface area contributed by atoms with Crippen LogP contribution in [-0.2, 0) is 5.41 Å². The molecule has 0 fully saturated rings. The molecule has 0 unspecified atom stereocenters. The fourth-order valence-corrected chi connectivity index (χ4v) is 3.85. The van der Waals surface area contributed by atoms with Crippen molar-refractivity contribution in [3.8, 4) is 11.3 Å². The molecule has 166 valence electrons. The van der Waals surface area contributed by atoms with Gasteiger partial charge in [-0.05, 0) is 35.6 Å². The van der Waals surface area contributed by atoms with Gasteiger partial charge < -0.3 is 0 Å². The molecular formula is C28H26ClN3O. The first-order valence-corrected chi connectivity index (χ1v) is 11.2. The van der Waals surface area contributed by atoms with E-state index in [-0.39, 0.29) is 11.3 Å². The van der Waals surface area contributed by atoms with E-state index in [0.29, 0.717) is 27.2 Å². The number of carbonyl (C=O) groups is 1. The molecule has 0 radical (unpaired) electrons. The van der Waals surface area contributed by atoms with Crippen LogP contribution < -0.4 is 5.43 Å². The molecule has 0 aliphatic rings. The maximum Gasteiger partial charge on any atom is 0.272 e. The monoisotopic (exact) mass is 455 g/mol. The Morgan fingerprint density at radius 1 is 0.939 bits per heavy atom.